The van der Waals surface area contributed by atoms with Gasteiger partial charge < -0.3 is 10.6 Å². The predicted octanol–water partition coefficient (Wildman–Crippen LogP) is 5.16. The maximum absolute atomic E-state index is 12.1. The van der Waals surface area contributed by atoms with E-state index in [0.29, 0.717) is 5.13 Å². The van der Waals surface area contributed by atoms with Crippen LogP contribution in [0.2, 0.25) is 0 Å². The van der Waals surface area contributed by atoms with E-state index >= 15 is 0 Å². The second-order valence-electron chi connectivity index (χ2n) is 6.14. The highest BCUT2D eigenvalue weighted by atomic mass is 79.9. The smallest absolute Gasteiger partial charge is 0.245 e. The number of rotatable bonds is 6. The maximum Gasteiger partial charge on any atom is 0.245 e. The first-order valence-electron chi connectivity index (χ1n) is 8.30. The number of aryl methyl sites for hydroxylation is 2. The van der Waals surface area contributed by atoms with Crippen LogP contribution in [-0.2, 0) is 11.2 Å². The highest BCUT2D eigenvalue weighted by molar-refractivity contribution is 9.10. The first kappa shape index (κ1) is 18.6. The molecule has 1 heterocycles. The van der Waals surface area contributed by atoms with E-state index in [-0.39, 0.29) is 12.5 Å². The molecular formula is C20H20BrN3OS. The quantitative estimate of drug-likeness (QED) is 0.568. The Bertz CT molecular complexity index is 923. The Hall–Kier alpha value is -2.18. The summed E-state index contributed by atoms with van der Waals surface area (Å²) in [6, 6.07) is 14.3. The van der Waals surface area contributed by atoms with Crippen molar-refractivity contribution in [3.63, 3.8) is 0 Å². The number of thiazole rings is 1. The molecule has 6 heteroatoms. The van der Waals surface area contributed by atoms with Gasteiger partial charge in [-0.25, -0.2) is 4.98 Å². The van der Waals surface area contributed by atoms with Crippen molar-refractivity contribution in [1.82, 2.24) is 4.98 Å². The molecule has 0 unspecified atom stereocenters. The summed E-state index contributed by atoms with van der Waals surface area (Å²) >= 11 is 4.98. The van der Waals surface area contributed by atoms with Gasteiger partial charge in [0.25, 0.3) is 0 Å². The molecule has 3 aromatic rings. The van der Waals surface area contributed by atoms with Gasteiger partial charge in [0.1, 0.15) is 0 Å². The third-order valence-electron chi connectivity index (χ3n) is 4.03. The van der Waals surface area contributed by atoms with E-state index in [9.17, 15) is 4.79 Å². The second kappa shape index (κ2) is 8.47. The predicted molar refractivity (Wildman–Crippen MR) is 112 cm³/mol. The van der Waals surface area contributed by atoms with Crippen molar-refractivity contribution < 1.29 is 4.79 Å². The van der Waals surface area contributed by atoms with Crippen LogP contribution >= 0.6 is 27.3 Å². The third-order valence-corrected chi connectivity index (χ3v) is 5.43. The van der Waals surface area contributed by atoms with Gasteiger partial charge in [0.05, 0.1) is 6.54 Å². The molecule has 0 bridgehead atoms. The Morgan fingerprint density at radius 1 is 1.15 bits per heavy atom. The molecule has 26 heavy (non-hydrogen) atoms. The lowest BCUT2D eigenvalue weighted by Gasteiger charge is -2.08. The molecule has 0 fully saturated rings. The zero-order valence-corrected chi connectivity index (χ0v) is 17.1. The number of nitrogens with one attached hydrogen (secondary N) is 2. The lowest BCUT2D eigenvalue weighted by Crippen LogP contribution is -2.21. The molecule has 4 nitrogen and oxygen atoms in total. The molecule has 2 N–H and O–H groups in total. The first-order chi connectivity index (χ1) is 12.5. The fourth-order valence-corrected chi connectivity index (χ4v) is 3.80. The molecule has 0 aliphatic heterocycles. The molecule has 0 aliphatic rings. The van der Waals surface area contributed by atoms with Gasteiger partial charge in [-0.1, -0.05) is 34.1 Å². The fourth-order valence-electron chi connectivity index (χ4n) is 2.49. The Morgan fingerprint density at radius 2 is 2.00 bits per heavy atom. The fraction of sp³-hybridized carbons (Fsp3) is 0.200. The van der Waals surface area contributed by atoms with Crippen LogP contribution in [0.4, 0.5) is 10.8 Å². The van der Waals surface area contributed by atoms with Gasteiger partial charge in [-0.05, 0) is 54.8 Å². The van der Waals surface area contributed by atoms with Gasteiger partial charge in [-0.2, -0.15) is 0 Å². The molecule has 0 atom stereocenters. The number of amides is 1. The van der Waals surface area contributed by atoms with Crippen molar-refractivity contribution >= 4 is 44.0 Å². The van der Waals surface area contributed by atoms with Crippen molar-refractivity contribution in [1.29, 1.82) is 0 Å². The van der Waals surface area contributed by atoms with E-state index in [2.05, 4.69) is 57.5 Å². The molecule has 134 valence electrons. The average Bonchev–Trinajstić information content (AvgIpc) is 3.03. The third kappa shape index (κ3) is 5.16. The SMILES string of the molecule is Cc1ccc(NCC(=O)Nc2ncc(Cc3cccc(Br)c3)s2)cc1C. The normalized spacial score (nSPS) is 10.6. The number of hydrogen-bond donors (Lipinski definition) is 2. The van der Waals surface area contributed by atoms with Gasteiger partial charge in [0.2, 0.25) is 5.91 Å². The summed E-state index contributed by atoms with van der Waals surface area (Å²) in [5.41, 5.74) is 4.59. The van der Waals surface area contributed by atoms with Gasteiger partial charge in [-0.15, -0.1) is 11.3 Å². The van der Waals surface area contributed by atoms with Crippen LogP contribution in [0.25, 0.3) is 0 Å². The molecule has 0 aliphatic carbocycles. The summed E-state index contributed by atoms with van der Waals surface area (Å²) in [5.74, 6) is -0.105. The van der Waals surface area contributed by atoms with E-state index in [4.69, 9.17) is 0 Å². The lowest BCUT2D eigenvalue weighted by atomic mass is 10.1. The summed E-state index contributed by atoms with van der Waals surface area (Å²) in [5, 5.41) is 6.62. The average molecular weight is 430 g/mol. The van der Waals surface area contributed by atoms with Crippen molar-refractivity contribution in [2.45, 2.75) is 20.3 Å². The van der Waals surface area contributed by atoms with Crippen LogP contribution in [0, 0.1) is 13.8 Å². The van der Waals surface area contributed by atoms with Crippen LogP contribution in [0.3, 0.4) is 0 Å². The first-order valence-corrected chi connectivity index (χ1v) is 9.90. The maximum atomic E-state index is 12.1. The topological polar surface area (TPSA) is 54.0 Å². The summed E-state index contributed by atoms with van der Waals surface area (Å²) in [6.07, 6.45) is 2.62. The number of aromatic nitrogens is 1. The van der Waals surface area contributed by atoms with Gasteiger partial charge in [0, 0.05) is 27.7 Å². The second-order valence-corrected chi connectivity index (χ2v) is 8.17. The van der Waals surface area contributed by atoms with Crippen LogP contribution in [0.1, 0.15) is 21.6 Å². The highest BCUT2D eigenvalue weighted by Gasteiger charge is 2.08. The lowest BCUT2D eigenvalue weighted by molar-refractivity contribution is -0.114. The van der Waals surface area contributed by atoms with Gasteiger partial charge >= 0.3 is 0 Å². The number of hydrogen-bond acceptors (Lipinski definition) is 4. The van der Waals surface area contributed by atoms with Crippen molar-refractivity contribution in [3.05, 3.63) is 74.7 Å². The van der Waals surface area contributed by atoms with Crippen molar-refractivity contribution in [2.24, 2.45) is 0 Å². The Morgan fingerprint density at radius 3 is 2.77 bits per heavy atom. The minimum atomic E-state index is -0.105. The van der Waals surface area contributed by atoms with Gasteiger partial charge in [-0.3, -0.25) is 4.79 Å². The summed E-state index contributed by atoms with van der Waals surface area (Å²) in [7, 11) is 0. The zero-order valence-electron chi connectivity index (χ0n) is 14.7. The number of carbonyl (C=O) groups excluding carboxylic acids is 1. The summed E-state index contributed by atoms with van der Waals surface area (Å²) < 4.78 is 1.06. The van der Waals surface area contributed by atoms with E-state index < -0.39 is 0 Å². The molecule has 3 rings (SSSR count). The van der Waals surface area contributed by atoms with Crippen LogP contribution in [-0.4, -0.2) is 17.4 Å². The van der Waals surface area contributed by atoms with Crippen molar-refractivity contribution in [3.8, 4) is 0 Å². The van der Waals surface area contributed by atoms with E-state index in [1.807, 2.05) is 36.5 Å². The Balaban J connectivity index is 1.53. The largest absolute Gasteiger partial charge is 0.376 e. The standard InChI is InChI=1S/C20H20BrN3OS/c1-13-6-7-17(8-14(13)2)22-12-19(25)24-20-23-11-18(26-20)10-15-4-3-5-16(21)9-15/h3-9,11,22H,10,12H2,1-2H3,(H,23,24,25). The molecule has 0 saturated carbocycles. The molecular weight excluding hydrogens is 410 g/mol. The zero-order chi connectivity index (χ0) is 18.5. The molecule has 0 radical (unpaired) electrons. The molecule has 1 amide bonds. The number of anilines is 2. The van der Waals surface area contributed by atoms with Crippen LogP contribution in [0.5, 0.6) is 0 Å². The van der Waals surface area contributed by atoms with Crippen LogP contribution in [0.15, 0.2) is 53.1 Å². The minimum absolute atomic E-state index is 0.105. The van der Waals surface area contributed by atoms with E-state index in [1.54, 1.807) is 0 Å². The summed E-state index contributed by atoms with van der Waals surface area (Å²) in [4.78, 5) is 17.6. The van der Waals surface area contributed by atoms with Crippen molar-refractivity contribution in [2.75, 3.05) is 17.2 Å². The molecule has 2 aromatic carbocycles. The number of halogens is 1. The summed E-state index contributed by atoms with van der Waals surface area (Å²) in [6.45, 7) is 4.34. The number of benzene rings is 2. The Kier molecular flexibility index (Phi) is 6.06. The van der Waals surface area contributed by atoms with Gasteiger partial charge in [0.15, 0.2) is 5.13 Å². The molecule has 0 spiro atoms. The van der Waals surface area contributed by atoms with E-state index in [1.165, 1.54) is 28.0 Å². The minimum Gasteiger partial charge on any atom is -0.376 e. The molecule has 1 aromatic heterocycles. The molecule has 0 saturated heterocycles. The van der Waals surface area contributed by atoms with Crippen LogP contribution < -0.4 is 10.6 Å². The highest BCUT2D eigenvalue weighted by Crippen LogP contribution is 2.22. The number of carbonyl (C=O) groups is 1. The number of nitrogens with zero attached hydrogens (tertiary/aromatic N) is 1. The Labute approximate surface area is 165 Å². The monoisotopic (exact) mass is 429 g/mol. The van der Waals surface area contributed by atoms with E-state index in [0.717, 1.165) is 21.5 Å².